The third kappa shape index (κ3) is 3.28. The Kier molecular flexibility index (Phi) is 4.74. The Labute approximate surface area is 199 Å². The van der Waals surface area contributed by atoms with Crippen molar-refractivity contribution < 1.29 is 14.0 Å². The van der Waals surface area contributed by atoms with E-state index in [1.807, 2.05) is 30.3 Å². The Bertz CT molecular complexity index is 1490. The molecule has 6 nitrogen and oxygen atoms in total. The molecule has 0 saturated heterocycles. The van der Waals surface area contributed by atoms with Gasteiger partial charge in [-0.1, -0.05) is 41.9 Å². The Morgan fingerprint density at radius 3 is 2.71 bits per heavy atom. The van der Waals surface area contributed by atoms with Gasteiger partial charge in [0.1, 0.15) is 11.5 Å². The number of hydrogen-bond acceptors (Lipinski definition) is 3. The van der Waals surface area contributed by atoms with Crippen LogP contribution in [-0.4, -0.2) is 35.2 Å². The maximum Gasteiger partial charge on any atom is 0.272 e. The lowest BCUT2D eigenvalue weighted by molar-refractivity contribution is -0.120. The van der Waals surface area contributed by atoms with E-state index in [1.54, 1.807) is 35.2 Å². The monoisotopic (exact) mass is 472 g/mol. The van der Waals surface area contributed by atoms with E-state index in [9.17, 15) is 14.0 Å². The normalized spacial score (nSPS) is 16.9. The van der Waals surface area contributed by atoms with Crippen LogP contribution in [0.4, 0.5) is 10.1 Å². The van der Waals surface area contributed by atoms with Crippen molar-refractivity contribution in [2.24, 2.45) is 4.99 Å². The summed E-state index contributed by atoms with van der Waals surface area (Å²) in [5.41, 5.74) is 3.75. The first-order valence-electron chi connectivity index (χ1n) is 10.8. The second-order valence-electron chi connectivity index (χ2n) is 8.30. The van der Waals surface area contributed by atoms with Crippen LogP contribution in [0.2, 0.25) is 5.02 Å². The minimum absolute atomic E-state index is 0.235. The molecule has 0 spiro atoms. The number of nitrogens with one attached hydrogen (secondary N) is 2. The summed E-state index contributed by atoms with van der Waals surface area (Å²) in [7, 11) is 0. The number of carbonyl (C=O) groups excluding carboxylic acids is 2. The fourth-order valence-electron chi connectivity index (χ4n) is 4.67. The number of H-pyrrole nitrogens is 1. The summed E-state index contributed by atoms with van der Waals surface area (Å²) in [5, 5.41) is 4.09. The van der Waals surface area contributed by atoms with Crippen LogP contribution in [0.25, 0.3) is 10.9 Å². The molecule has 2 aliphatic rings. The van der Waals surface area contributed by atoms with Gasteiger partial charge in [0.2, 0.25) is 6.17 Å². The maximum absolute atomic E-state index is 14.9. The highest BCUT2D eigenvalue weighted by Gasteiger charge is 2.38. The van der Waals surface area contributed by atoms with Gasteiger partial charge in [-0.2, -0.15) is 0 Å². The second kappa shape index (κ2) is 7.81. The van der Waals surface area contributed by atoms with Crippen LogP contribution >= 0.6 is 11.6 Å². The van der Waals surface area contributed by atoms with E-state index in [0.717, 1.165) is 16.5 Å². The summed E-state index contributed by atoms with van der Waals surface area (Å²) in [6.45, 7) is 0.431. The number of carbonyl (C=O) groups is 2. The standard InChI is InChI=1S/C26H18ClFN4O2/c27-16-11-15-9-10-32-23(15)18(13-16)22(17-6-2-3-7-19(17)28)30-24(26(32)34)31-25(33)21-12-14-5-1-4-8-20(14)29-21/h1-8,11-13,24,29H,9-10H2,(H,31,33)/t24-/m1/s1. The van der Waals surface area contributed by atoms with Crippen LogP contribution in [0.5, 0.6) is 0 Å². The molecule has 4 aromatic rings. The number of para-hydroxylation sites is 1. The minimum Gasteiger partial charge on any atom is -0.351 e. The van der Waals surface area contributed by atoms with Crippen LogP contribution in [-0.2, 0) is 11.2 Å². The molecule has 2 N–H and O–H groups in total. The van der Waals surface area contributed by atoms with E-state index in [0.29, 0.717) is 34.9 Å². The Morgan fingerprint density at radius 2 is 1.88 bits per heavy atom. The van der Waals surface area contributed by atoms with Crippen molar-refractivity contribution in [3.05, 3.63) is 100.0 Å². The lowest BCUT2D eigenvalue weighted by Gasteiger charge is -2.21. The molecular formula is C26H18ClFN4O2. The molecule has 6 rings (SSSR count). The van der Waals surface area contributed by atoms with Crippen molar-refractivity contribution in [1.29, 1.82) is 0 Å². The average molecular weight is 473 g/mol. The topological polar surface area (TPSA) is 77.6 Å². The Balaban J connectivity index is 1.47. The van der Waals surface area contributed by atoms with E-state index in [4.69, 9.17) is 11.6 Å². The fourth-order valence-corrected chi connectivity index (χ4v) is 4.91. The molecule has 2 aliphatic heterocycles. The summed E-state index contributed by atoms with van der Waals surface area (Å²) >= 11 is 6.37. The highest BCUT2D eigenvalue weighted by atomic mass is 35.5. The summed E-state index contributed by atoms with van der Waals surface area (Å²) in [6, 6.07) is 19.0. The lowest BCUT2D eigenvalue weighted by atomic mass is 9.97. The zero-order valence-corrected chi connectivity index (χ0v) is 18.6. The smallest absolute Gasteiger partial charge is 0.272 e. The van der Waals surface area contributed by atoms with Gasteiger partial charge in [0, 0.05) is 33.6 Å². The number of aliphatic imine (C=N–C) groups is 1. The van der Waals surface area contributed by atoms with Gasteiger partial charge in [-0.3, -0.25) is 9.59 Å². The lowest BCUT2D eigenvalue weighted by Crippen LogP contribution is -2.47. The summed E-state index contributed by atoms with van der Waals surface area (Å²) in [4.78, 5) is 35.9. The van der Waals surface area contributed by atoms with E-state index >= 15 is 0 Å². The Hall–Kier alpha value is -3.97. The number of fused-ring (bicyclic) bond motifs is 1. The van der Waals surface area contributed by atoms with Gasteiger partial charge in [-0.05, 0) is 48.4 Å². The molecule has 1 aromatic heterocycles. The van der Waals surface area contributed by atoms with E-state index < -0.39 is 17.9 Å². The molecule has 1 atom stereocenters. The van der Waals surface area contributed by atoms with Gasteiger partial charge in [0.25, 0.3) is 11.8 Å². The van der Waals surface area contributed by atoms with Crippen molar-refractivity contribution >= 4 is 45.7 Å². The van der Waals surface area contributed by atoms with Crippen LogP contribution < -0.4 is 10.2 Å². The highest BCUT2D eigenvalue weighted by molar-refractivity contribution is 6.32. The molecule has 3 heterocycles. The van der Waals surface area contributed by atoms with Crippen LogP contribution in [0.3, 0.4) is 0 Å². The number of amides is 2. The number of benzene rings is 3. The van der Waals surface area contributed by atoms with E-state index in [-0.39, 0.29) is 17.2 Å². The third-order valence-electron chi connectivity index (χ3n) is 6.21. The van der Waals surface area contributed by atoms with Crippen LogP contribution in [0.15, 0.2) is 71.7 Å². The number of rotatable bonds is 3. The summed E-state index contributed by atoms with van der Waals surface area (Å²) < 4.78 is 14.9. The molecule has 3 aromatic carbocycles. The van der Waals surface area contributed by atoms with Crippen LogP contribution in [0.1, 0.15) is 27.2 Å². The van der Waals surface area contributed by atoms with Gasteiger partial charge >= 0.3 is 0 Å². The molecular weight excluding hydrogens is 455 g/mol. The van der Waals surface area contributed by atoms with Crippen molar-refractivity contribution in [2.75, 3.05) is 11.4 Å². The molecule has 0 unspecified atom stereocenters. The highest BCUT2D eigenvalue weighted by Crippen LogP contribution is 2.38. The van der Waals surface area contributed by atoms with Crippen LogP contribution in [0, 0.1) is 5.82 Å². The molecule has 2 amide bonds. The van der Waals surface area contributed by atoms with Crippen molar-refractivity contribution in [3.63, 3.8) is 0 Å². The number of hydrogen-bond donors (Lipinski definition) is 2. The molecule has 0 saturated carbocycles. The third-order valence-corrected chi connectivity index (χ3v) is 6.43. The zero-order chi connectivity index (χ0) is 23.4. The maximum atomic E-state index is 14.9. The summed E-state index contributed by atoms with van der Waals surface area (Å²) in [6.07, 6.45) is -0.618. The first-order valence-corrected chi connectivity index (χ1v) is 11.2. The Morgan fingerprint density at radius 1 is 1.09 bits per heavy atom. The number of nitrogens with zero attached hydrogens (tertiary/aromatic N) is 2. The number of anilines is 1. The molecule has 8 heteroatoms. The zero-order valence-electron chi connectivity index (χ0n) is 17.8. The largest absolute Gasteiger partial charge is 0.351 e. The number of aromatic amines is 1. The molecule has 0 bridgehead atoms. The SMILES string of the molecule is O=C(N[C@H]1N=C(c2ccccc2F)c2cc(Cl)cc3c2N(CC3)C1=O)c1cc2ccccc2[nH]1. The van der Waals surface area contributed by atoms with Gasteiger partial charge in [-0.15, -0.1) is 0 Å². The van der Waals surface area contributed by atoms with Gasteiger partial charge < -0.3 is 15.2 Å². The quantitative estimate of drug-likeness (QED) is 0.462. The summed E-state index contributed by atoms with van der Waals surface area (Å²) in [5.74, 6) is -1.33. The van der Waals surface area contributed by atoms with Crippen molar-refractivity contribution in [1.82, 2.24) is 10.3 Å². The van der Waals surface area contributed by atoms with Gasteiger partial charge in [0.05, 0.1) is 11.4 Å². The second-order valence-corrected chi connectivity index (χ2v) is 8.74. The van der Waals surface area contributed by atoms with Crippen molar-refractivity contribution in [3.8, 4) is 0 Å². The predicted octanol–water partition coefficient (Wildman–Crippen LogP) is 4.46. The molecule has 0 aliphatic carbocycles. The number of aromatic nitrogens is 1. The van der Waals surface area contributed by atoms with Gasteiger partial charge in [-0.25, -0.2) is 9.38 Å². The predicted molar refractivity (Wildman–Crippen MR) is 129 cm³/mol. The molecule has 168 valence electrons. The fraction of sp³-hybridized carbons (Fsp3) is 0.115. The average Bonchev–Trinajstić information content (AvgIpc) is 3.43. The van der Waals surface area contributed by atoms with E-state index in [1.165, 1.54) is 6.07 Å². The van der Waals surface area contributed by atoms with Gasteiger partial charge in [0.15, 0.2) is 0 Å². The molecule has 34 heavy (non-hydrogen) atoms. The van der Waals surface area contributed by atoms with E-state index in [2.05, 4.69) is 15.3 Å². The first kappa shape index (κ1) is 20.6. The molecule has 0 fully saturated rings. The number of halogens is 2. The molecule has 0 radical (unpaired) electrons. The van der Waals surface area contributed by atoms with Crippen molar-refractivity contribution in [2.45, 2.75) is 12.6 Å². The first-order chi connectivity index (χ1) is 16.5. The minimum atomic E-state index is -1.23.